The van der Waals surface area contributed by atoms with Crippen LogP contribution >= 0.6 is 0 Å². The molecular weight excluding hydrogens is 349 g/mol. The van der Waals surface area contributed by atoms with E-state index in [0.29, 0.717) is 6.54 Å². The molecule has 1 saturated carbocycles. The van der Waals surface area contributed by atoms with Crippen LogP contribution in [0.3, 0.4) is 0 Å². The minimum absolute atomic E-state index is 0.0194. The summed E-state index contributed by atoms with van der Waals surface area (Å²) in [5.74, 6) is -1.17. The van der Waals surface area contributed by atoms with Crippen molar-refractivity contribution in [2.45, 2.75) is 58.7 Å². The Hall–Kier alpha value is -2.15. The monoisotopic (exact) mass is 379 g/mol. The first-order valence-electron chi connectivity index (χ1n) is 9.38. The highest BCUT2D eigenvalue weighted by molar-refractivity contribution is 5.75. The summed E-state index contributed by atoms with van der Waals surface area (Å²) in [6, 6.07) is 5.86. The Kier molecular flexibility index (Phi) is 6.81. The second-order valence-corrected chi connectivity index (χ2v) is 8.25. The number of halogens is 1. The van der Waals surface area contributed by atoms with E-state index in [-0.39, 0.29) is 41.9 Å². The first kappa shape index (κ1) is 21.2. The Balaban J connectivity index is 1.91. The molecule has 0 radical (unpaired) electrons. The summed E-state index contributed by atoms with van der Waals surface area (Å²) in [6.45, 7) is 8.60. The van der Waals surface area contributed by atoms with Crippen LogP contribution in [-0.2, 0) is 4.79 Å². The van der Waals surface area contributed by atoms with E-state index in [4.69, 9.17) is 5.11 Å². The molecule has 1 aliphatic carbocycles. The third kappa shape index (κ3) is 5.92. The molecule has 1 atom stereocenters. The van der Waals surface area contributed by atoms with Gasteiger partial charge in [0.05, 0.1) is 12.6 Å². The predicted octanol–water partition coefficient (Wildman–Crippen LogP) is 3.15. The van der Waals surface area contributed by atoms with Crippen molar-refractivity contribution < 1.29 is 19.1 Å². The van der Waals surface area contributed by atoms with Crippen LogP contribution in [0.5, 0.6) is 0 Å². The molecular formula is C20H30FN3O3. The van der Waals surface area contributed by atoms with Gasteiger partial charge in [-0.25, -0.2) is 9.18 Å². The summed E-state index contributed by atoms with van der Waals surface area (Å²) in [7, 11) is 0. The van der Waals surface area contributed by atoms with Crippen LogP contribution in [0.4, 0.5) is 9.18 Å². The maximum absolute atomic E-state index is 13.6. The number of nitrogens with one attached hydrogen (secondary N) is 2. The summed E-state index contributed by atoms with van der Waals surface area (Å²) in [4.78, 5) is 25.3. The van der Waals surface area contributed by atoms with Crippen LogP contribution < -0.4 is 10.6 Å². The second-order valence-electron chi connectivity index (χ2n) is 8.25. The molecule has 1 unspecified atom stereocenters. The second kappa shape index (κ2) is 8.69. The lowest BCUT2D eigenvalue weighted by molar-refractivity contribution is -0.139. The summed E-state index contributed by atoms with van der Waals surface area (Å²) in [6.07, 6.45) is 1.46. The molecule has 3 N–H and O–H groups in total. The van der Waals surface area contributed by atoms with Gasteiger partial charge in [0.2, 0.25) is 0 Å². The fourth-order valence-corrected chi connectivity index (χ4v) is 3.52. The van der Waals surface area contributed by atoms with Gasteiger partial charge in [0.1, 0.15) is 5.82 Å². The number of nitrogens with zero attached hydrogens (tertiary/aromatic N) is 1. The average molecular weight is 379 g/mol. The lowest BCUT2D eigenvalue weighted by Crippen LogP contribution is -2.57. The van der Waals surface area contributed by atoms with E-state index >= 15 is 0 Å². The minimum Gasteiger partial charge on any atom is -0.480 e. The molecule has 0 bridgehead atoms. The lowest BCUT2D eigenvalue weighted by Gasteiger charge is -2.42. The third-order valence-corrected chi connectivity index (χ3v) is 5.03. The van der Waals surface area contributed by atoms with Crippen LogP contribution in [-0.4, -0.2) is 47.2 Å². The molecule has 2 rings (SSSR count). The van der Waals surface area contributed by atoms with Crippen molar-refractivity contribution in [3.8, 4) is 0 Å². The Morgan fingerprint density at radius 2 is 2.00 bits per heavy atom. The first-order chi connectivity index (χ1) is 12.6. The zero-order valence-corrected chi connectivity index (χ0v) is 16.5. The molecule has 1 aromatic rings. The van der Waals surface area contributed by atoms with Gasteiger partial charge in [-0.2, -0.15) is 0 Å². The average Bonchev–Trinajstić information content (AvgIpc) is 2.52. The maximum atomic E-state index is 13.6. The van der Waals surface area contributed by atoms with E-state index in [2.05, 4.69) is 10.6 Å². The van der Waals surface area contributed by atoms with Gasteiger partial charge in [-0.1, -0.05) is 39.8 Å². The van der Waals surface area contributed by atoms with E-state index in [1.807, 2.05) is 38.7 Å². The number of carboxylic acids is 1. The smallest absolute Gasteiger partial charge is 0.317 e. The van der Waals surface area contributed by atoms with Gasteiger partial charge >= 0.3 is 12.0 Å². The van der Waals surface area contributed by atoms with Crippen molar-refractivity contribution >= 4 is 12.0 Å². The Morgan fingerprint density at radius 3 is 2.52 bits per heavy atom. The van der Waals surface area contributed by atoms with Gasteiger partial charge in [0.15, 0.2) is 0 Å². The van der Waals surface area contributed by atoms with Gasteiger partial charge in [0.25, 0.3) is 0 Å². The highest BCUT2D eigenvalue weighted by Gasteiger charge is 2.35. The number of aliphatic carboxylic acids is 1. The van der Waals surface area contributed by atoms with Crippen LogP contribution in [0.1, 0.15) is 52.1 Å². The molecule has 7 heteroatoms. The maximum Gasteiger partial charge on any atom is 0.317 e. The normalized spacial score (nSPS) is 20.7. The van der Waals surface area contributed by atoms with Crippen molar-refractivity contribution in [2.24, 2.45) is 5.41 Å². The van der Waals surface area contributed by atoms with E-state index in [9.17, 15) is 14.0 Å². The lowest BCUT2D eigenvalue weighted by atomic mass is 9.82. The van der Waals surface area contributed by atoms with Gasteiger partial charge in [-0.3, -0.25) is 9.69 Å². The molecule has 6 nitrogen and oxygen atoms in total. The topological polar surface area (TPSA) is 81.7 Å². The Labute approximate surface area is 160 Å². The summed E-state index contributed by atoms with van der Waals surface area (Å²) >= 11 is 0. The number of carbonyl (C=O) groups excluding carboxylic acids is 1. The highest BCUT2D eigenvalue weighted by Crippen LogP contribution is 2.33. The van der Waals surface area contributed by atoms with Gasteiger partial charge < -0.3 is 15.7 Å². The number of carboxylic acid groups (broad SMARTS) is 1. The largest absolute Gasteiger partial charge is 0.480 e. The number of hydrogen-bond acceptors (Lipinski definition) is 3. The zero-order valence-electron chi connectivity index (χ0n) is 16.5. The summed E-state index contributed by atoms with van der Waals surface area (Å²) in [5, 5.41) is 14.9. The van der Waals surface area contributed by atoms with E-state index in [1.165, 1.54) is 12.1 Å². The Bertz CT molecular complexity index is 669. The Morgan fingerprint density at radius 1 is 1.33 bits per heavy atom. The molecule has 150 valence electrons. The van der Waals surface area contributed by atoms with Crippen LogP contribution in [0, 0.1) is 11.2 Å². The van der Waals surface area contributed by atoms with Crippen molar-refractivity contribution in [1.29, 1.82) is 0 Å². The van der Waals surface area contributed by atoms with Crippen molar-refractivity contribution in [3.63, 3.8) is 0 Å². The number of rotatable bonds is 7. The van der Waals surface area contributed by atoms with Crippen molar-refractivity contribution in [3.05, 3.63) is 35.6 Å². The molecule has 0 aromatic heterocycles. The van der Waals surface area contributed by atoms with E-state index in [1.54, 1.807) is 6.07 Å². The van der Waals surface area contributed by atoms with E-state index in [0.717, 1.165) is 18.4 Å². The SMILES string of the molecule is CCN(CC(=O)O)C1CC(NC(=O)NC(c2cccc(F)c2)C(C)(C)C)C1. The third-order valence-electron chi connectivity index (χ3n) is 5.03. The van der Waals surface area contributed by atoms with Crippen LogP contribution in [0.25, 0.3) is 0 Å². The predicted molar refractivity (Wildman–Crippen MR) is 102 cm³/mol. The van der Waals surface area contributed by atoms with E-state index < -0.39 is 5.97 Å². The fraction of sp³-hybridized carbons (Fsp3) is 0.600. The molecule has 1 aliphatic rings. The number of urea groups is 1. The zero-order chi connectivity index (χ0) is 20.2. The number of benzene rings is 1. The summed E-state index contributed by atoms with van der Waals surface area (Å²) in [5.41, 5.74) is 0.441. The van der Waals surface area contributed by atoms with Crippen LogP contribution in [0.15, 0.2) is 24.3 Å². The van der Waals surface area contributed by atoms with Crippen molar-refractivity contribution in [2.75, 3.05) is 13.1 Å². The number of amides is 2. The molecule has 0 saturated heterocycles. The standard InChI is InChI=1S/C20H30FN3O3/c1-5-24(12-17(25)26)16-10-15(11-16)22-19(27)23-18(20(2,3)4)13-7-6-8-14(21)9-13/h6-9,15-16,18H,5,10-12H2,1-4H3,(H,25,26)(H2,22,23,27). The molecule has 0 spiro atoms. The molecule has 0 aliphatic heterocycles. The van der Waals surface area contributed by atoms with Crippen LogP contribution in [0.2, 0.25) is 0 Å². The quantitative estimate of drug-likeness (QED) is 0.680. The van der Waals surface area contributed by atoms with Crippen molar-refractivity contribution in [1.82, 2.24) is 15.5 Å². The minimum atomic E-state index is -0.839. The van der Waals surface area contributed by atoms with Gasteiger partial charge in [-0.15, -0.1) is 0 Å². The number of likely N-dealkylation sites (N-methyl/N-ethyl adjacent to an activating group) is 1. The van der Waals surface area contributed by atoms with Gasteiger partial charge in [-0.05, 0) is 42.5 Å². The number of carbonyl (C=O) groups is 2. The van der Waals surface area contributed by atoms with Gasteiger partial charge in [0, 0.05) is 12.1 Å². The molecule has 1 fully saturated rings. The molecule has 27 heavy (non-hydrogen) atoms. The molecule has 0 heterocycles. The number of hydrogen-bond donors (Lipinski definition) is 3. The molecule has 1 aromatic carbocycles. The fourth-order valence-electron chi connectivity index (χ4n) is 3.52. The highest BCUT2D eigenvalue weighted by atomic mass is 19.1. The molecule has 2 amide bonds. The summed E-state index contributed by atoms with van der Waals surface area (Å²) < 4.78 is 13.6. The first-order valence-corrected chi connectivity index (χ1v) is 9.38.